The van der Waals surface area contributed by atoms with E-state index in [9.17, 15) is 0 Å². The lowest BCUT2D eigenvalue weighted by Gasteiger charge is -2.07. The smallest absolute Gasteiger partial charge is 0.141 e. The molecule has 1 aliphatic rings. The first-order valence-corrected chi connectivity index (χ1v) is 3.53. The zero-order valence-corrected chi connectivity index (χ0v) is 6.02. The van der Waals surface area contributed by atoms with E-state index >= 15 is 0 Å². The maximum Gasteiger partial charge on any atom is 0.141 e. The van der Waals surface area contributed by atoms with Gasteiger partial charge in [0, 0.05) is 5.92 Å². The molecule has 2 nitrogen and oxygen atoms in total. The average molecular weight is 129 g/mol. The fourth-order valence-electron chi connectivity index (χ4n) is 1.05. The second-order valence-electron chi connectivity index (χ2n) is 2.29. The van der Waals surface area contributed by atoms with E-state index in [0.717, 1.165) is 25.6 Å². The van der Waals surface area contributed by atoms with Crippen molar-refractivity contribution in [2.45, 2.75) is 26.7 Å². The van der Waals surface area contributed by atoms with E-state index in [4.69, 9.17) is 9.78 Å². The summed E-state index contributed by atoms with van der Waals surface area (Å²) >= 11 is 0. The van der Waals surface area contributed by atoms with Gasteiger partial charge in [-0.05, 0) is 12.8 Å². The van der Waals surface area contributed by atoms with Crippen LogP contribution in [-0.4, -0.2) is 6.61 Å². The van der Waals surface area contributed by atoms with Gasteiger partial charge in [-0.2, -0.15) is 0 Å². The van der Waals surface area contributed by atoms with Crippen LogP contribution in [-0.2, 0) is 9.78 Å². The van der Waals surface area contributed by atoms with Crippen LogP contribution in [0.25, 0.3) is 0 Å². The normalized spacial score (nSPS) is 29.3. The first-order chi connectivity index (χ1) is 4.38. The third-order valence-corrected chi connectivity index (χ3v) is 1.73. The molecule has 0 N–H and O–H groups in total. The zero-order valence-electron chi connectivity index (χ0n) is 6.02. The van der Waals surface area contributed by atoms with Crippen molar-refractivity contribution in [3.05, 3.63) is 6.10 Å². The van der Waals surface area contributed by atoms with Gasteiger partial charge in [-0.15, -0.1) is 0 Å². The van der Waals surface area contributed by atoms with Crippen LogP contribution in [0.4, 0.5) is 0 Å². The quantitative estimate of drug-likeness (QED) is 0.530. The molecule has 0 aromatic rings. The van der Waals surface area contributed by atoms with Gasteiger partial charge in [0.1, 0.15) is 6.10 Å². The minimum Gasteiger partial charge on any atom is -0.236 e. The summed E-state index contributed by atoms with van der Waals surface area (Å²) in [5.74, 6) is 0.551. The topological polar surface area (TPSA) is 18.5 Å². The van der Waals surface area contributed by atoms with Crippen LogP contribution in [0, 0.1) is 12.0 Å². The molecule has 0 bridgehead atoms. The van der Waals surface area contributed by atoms with Crippen LogP contribution in [0.3, 0.4) is 0 Å². The number of hydrogen-bond acceptors (Lipinski definition) is 2. The van der Waals surface area contributed by atoms with Crippen LogP contribution in [0.2, 0.25) is 0 Å². The predicted octanol–water partition coefficient (Wildman–Crippen LogP) is 1.92. The molecule has 1 aliphatic heterocycles. The van der Waals surface area contributed by atoms with Crippen molar-refractivity contribution in [1.29, 1.82) is 0 Å². The maximum absolute atomic E-state index is 4.92. The van der Waals surface area contributed by atoms with Crippen molar-refractivity contribution in [3.8, 4) is 0 Å². The van der Waals surface area contributed by atoms with E-state index in [-0.39, 0.29) is 0 Å². The summed E-state index contributed by atoms with van der Waals surface area (Å²) in [7, 11) is 0. The van der Waals surface area contributed by atoms with Gasteiger partial charge in [0.05, 0.1) is 6.61 Å². The second kappa shape index (κ2) is 3.18. The lowest BCUT2D eigenvalue weighted by molar-refractivity contribution is -0.244. The van der Waals surface area contributed by atoms with Crippen molar-refractivity contribution < 1.29 is 9.78 Å². The van der Waals surface area contributed by atoms with E-state index in [0.29, 0.717) is 5.92 Å². The van der Waals surface area contributed by atoms with Gasteiger partial charge in [-0.3, -0.25) is 0 Å². The molecule has 1 rings (SSSR count). The minimum atomic E-state index is 0.551. The van der Waals surface area contributed by atoms with Crippen molar-refractivity contribution in [2.24, 2.45) is 5.92 Å². The van der Waals surface area contributed by atoms with Gasteiger partial charge in [-0.1, -0.05) is 13.8 Å². The highest BCUT2D eigenvalue weighted by atomic mass is 17.2. The SMILES string of the molecule is CC[C]1OOCC1CC. The van der Waals surface area contributed by atoms with E-state index in [1.54, 1.807) is 0 Å². The molecule has 0 aliphatic carbocycles. The Morgan fingerprint density at radius 3 is 2.78 bits per heavy atom. The monoisotopic (exact) mass is 129 g/mol. The molecule has 1 atom stereocenters. The molecule has 2 heteroatoms. The molecule has 53 valence electrons. The van der Waals surface area contributed by atoms with E-state index in [1.165, 1.54) is 0 Å². The molecule has 1 saturated heterocycles. The van der Waals surface area contributed by atoms with Crippen LogP contribution in [0.5, 0.6) is 0 Å². The standard InChI is InChI=1S/C7H13O2/c1-3-6-5-8-9-7(6)4-2/h6H,3-5H2,1-2H3. The Hall–Kier alpha value is -0.0800. The Balaban J connectivity index is 2.32. The zero-order chi connectivity index (χ0) is 6.69. The Morgan fingerprint density at radius 2 is 2.33 bits per heavy atom. The van der Waals surface area contributed by atoms with Crippen LogP contribution < -0.4 is 0 Å². The fourth-order valence-corrected chi connectivity index (χ4v) is 1.05. The summed E-state index contributed by atoms with van der Waals surface area (Å²) in [6.07, 6.45) is 3.22. The summed E-state index contributed by atoms with van der Waals surface area (Å²) in [5, 5.41) is 0. The summed E-state index contributed by atoms with van der Waals surface area (Å²) < 4.78 is 0. The second-order valence-corrected chi connectivity index (χ2v) is 2.29. The number of rotatable bonds is 2. The lowest BCUT2D eigenvalue weighted by Crippen LogP contribution is -2.06. The molecule has 1 radical (unpaired) electrons. The highest BCUT2D eigenvalue weighted by Crippen LogP contribution is 2.29. The first kappa shape index (κ1) is 7.03. The Kier molecular flexibility index (Phi) is 2.49. The summed E-state index contributed by atoms with van der Waals surface area (Å²) in [5.41, 5.74) is 0. The van der Waals surface area contributed by atoms with E-state index < -0.39 is 0 Å². The van der Waals surface area contributed by atoms with Crippen LogP contribution >= 0.6 is 0 Å². The maximum atomic E-state index is 4.92. The van der Waals surface area contributed by atoms with Crippen molar-refractivity contribution in [2.75, 3.05) is 6.61 Å². The third-order valence-electron chi connectivity index (χ3n) is 1.73. The van der Waals surface area contributed by atoms with Gasteiger partial charge in [0.15, 0.2) is 0 Å². The fraction of sp³-hybridized carbons (Fsp3) is 0.857. The first-order valence-electron chi connectivity index (χ1n) is 3.53. The molecular weight excluding hydrogens is 116 g/mol. The van der Waals surface area contributed by atoms with Crippen molar-refractivity contribution >= 4 is 0 Å². The van der Waals surface area contributed by atoms with Gasteiger partial charge < -0.3 is 0 Å². The van der Waals surface area contributed by atoms with Gasteiger partial charge in [0.25, 0.3) is 0 Å². The Morgan fingerprint density at radius 1 is 1.56 bits per heavy atom. The molecule has 0 aromatic heterocycles. The molecule has 1 heterocycles. The van der Waals surface area contributed by atoms with E-state index in [1.807, 2.05) is 0 Å². The highest BCUT2D eigenvalue weighted by molar-refractivity contribution is 4.86. The summed E-state index contributed by atoms with van der Waals surface area (Å²) in [6.45, 7) is 4.99. The average Bonchev–Trinajstić information content (AvgIpc) is 2.33. The molecule has 0 amide bonds. The molecule has 1 unspecified atom stereocenters. The predicted molar refractivity (Wildman–Crippen MR) is 34.4 cm³/mol. The van der Waals surface area contributed by atoms with Gasteiger partial charge in [0.2, 0.25) is 0 Å². The van der Waals surface area contributed by atoms with Crippen molar-refractivity contribution in [3.63, 3.8) is 0 Å². The van der Waals surface area contributed by atoms with Gasteiger partial charge >= 0.3 is 0 Å². The Bertz CT molecular complexity index is 73.0. The Labute approximate surface area is 56.1 Å². The third kappa shape index (κ3) is 1.43. The molecule has 9 heavy (non-hydrogen) atoms. The molecule has 0 saturated carbocycles. The molecule has 0 spiro atoms. The van der Waals surface area contributed by atoms with Crippen molar-refractivity contribution in [1.82, 2.24) is 0 Å². The van der Waals surface area contributed by atoms with E-state index in [2.05, 4.69) is 13.8 Å². The molecular formula is C7H13O2. The van der Waals surface area contributed by atoms with Crippen LogP contribution in [0.15, 0.2) is 0 Å². The molecule has 1 fully saturated rings. The molecule has 0 aromatic carbocycles. The summed E-state index contributed by atoms with van der Waals surface area (Å²) in [4.78, 5) is 9.74. The highest BCUT2D eigenvalue weighted by Gasteiger charge is 2.27. The summed E-state index contributed by atoms with van der Waals surface area (Å²) in [6, 6.07) is 0. The lowest BCUT2D eigenvalue weighted by atomic mass is 10.00. The number of hydrogen-bond donors (Lipinski definition) is 0. The largest absolute Gasteiger partial charge is 0.236 e. The van der Waals surface area contributed by atoms with Gasteiger partial charge in [-0.25, -0.2) is 9.78 Å². The minimum absolute atomic E-state index is 0.551. The van der Waals surface area contributed by atoms with Crippen LogP contribution in [0.1, 0.15) is 26.7 Å².